The zero-order chi connectivity index (χ0) is 18.3. The summed E-state index contributed by atoms with van der Waals surface area (Å²) < 4.78 is 5.67. The van der Waals surface area contributed by atoms with Crippen LogP contribution < -0.4 is 0 Å². The Kier molecular flexibility index (Phi) is 4.00. The van der Waals surface area contributed by atoms with Gasteiger partial charge in [-0.1, -0.05) is 23.7 Å². The lowest BCUT2D eigenvalue weighted by molar-refractivity contribution is -0.143. The molecule has 1 aliphatic heterocycles. The van der Waals surface area contributed by atoms with Crippen LogP contribution in [0, 0.1) is 0 Å². The van der Waals surface area contributed by atoms with Crippen molar-refractivity contribution in [3.8, 4) is 11.3 Å². The van der Waals surface area contributed by atoms with Gasteiger partial charge >= 0.3 is 5.97 Å². The summed E-state index contributed by atoms with van der Waals surface area (Å²) in [5, 5.41) is 10.1. The second-order valence-corrected chi connectivity index (χ2v) is 6.31. The average molecular weight is 372 g/mol. The van der Waals surface area contributed by atoms with E-state index in [0.29, 0.717) is 28.5 Å². The summed E-state index contributed by atoms with van der Waals surface area (Å²) in [6, 6.07) is 9.15. The number of carbonyl (C=O) groups excluding carboxylic acids is 1. The van der Waals surface area contributed by atoms with Gasteiger partial charge in [-0.3, -0.25) is 4.79 Å². The largest absolute Gasteiger partial charge is 0.479 e. The van der Waals surface area contributed by atoms with Crippen LogP contribution in [0.3, 0.4) is 0 Å². The molecule has 3 heterocycles. The number of hydrogen-bond donors (Lipinski definition) is 2. The molecule has 0 spiro atoms. The van der Waals surface area contributed by atoms with E-state index in [0.717, 1.165) is 5.69 Å². The Morgan fingerprint density at radius 2 is 2.08 bits per heavy atom. The molecule has 0 fully saturated rings. The molecule has 4 rings (SSSR count). The Labute approximate surface area is 153 Å². The summed E-state index contributed by atoms with van der Waals surface area (Å²) >= 11 is 6.16. The Bertz CT molecular complexity index is 994. The Morgan fingerprint density at radius 1 is 1.27 bits per heavy atom. The number of aromatic amines is 1. The zero-order valence-electron chi connectivity index (χ0n) is 13.5. The number of aliphatic carboxylic acids is 1. The highest BCUT2D eigenvalue weighted by atomic mass is 35.5. The van der Waals surface area contributed by atoms with E-state index in [-0.39, 0.29) is 12.3 Å². The summed E-state index contributed by atoms with van der Waals surface area (Å²) in [5.74, 6) is -1.12. The van der Waals surface area contributed by atoms with E-state index in [1.54, 1.807) is 24.3 Å². The number of H-pyrrole nitrogens is 1. The minimum absolute atomic E-state index is 0.0603. The molecule has 0 radical (unpaired) electrons. The number of nitrogens with one attached hydrogen (secondary N) is 1. The van der Waals surface area contributed by atoms with E-state index in [9.17, 15) is 14.7 Å². The quantitative estimate of drug-likeness (QED) is 0.736. The maximum absolute atomic E-state index is 12.9. The minimum atomic E-state index is -1.15. The third-order valence-electron chi connectivity index (χ3n) is 4.38. The molecule has 0 bridgehead atoms. The van der Waals surface area contributed by atoms with Crippen LogP contribution in [0.5, 0.6) is 0 Å². The van der Waals surface area contributed by atoms with Crippen LogP contribution in [0.25, 0.3) is 11.3 Å². The third-order valence-corrected chi connectivity index (χ3v) is 4.71. The number of imidazole rings is 1. The SMILES string of the molecule is O=C(O)C1c2nc[nH]c2CCN1C(=O)c1ccc(-c2ccccc2Cl)o1. The number of carboxylic acid groups (broad SMARTS) is 1. The predicted octanol–water partition coefficient (Wildman–Crippen LogP) is 3.15. The molecule has 0 aliphatic carbocycles. The number of fused-ring (bicyclic) bond motifs is 1. The van der Waals surface area contributed by atoms with Crippen LogP contribution in [0.1, 0.15) is 28.0 Å². The number of amides is 1. The minimum Gasteiger partial charge on any atom is -0.479 e. The molecule has 132 valence electrons. The summed E-state index contributed by atoms with van der Waals surface area (Å²) in [7, 11) is 0. The van der Waals surface area contributed by atoms with Crippen molar-refractivity contribution in [2.24, 2.45) is 0 Å². The first-order chi connectivity index (χ1) is 12.6. The number of rotatable bonds is 3. The summed E-state index contributed by atoms with van der Waals surface area (Å²) in [6.07, 6.45) is 1.94. The van der Waals surface area contributed by atoms with Crippen molar-refractivity contribution in [2.75, 3.05) is 6.54 Å². The fraction of sp³-hybridized carbons (Fsp3) is 0.167. The molecule has 1 aromatic carbocycles. The van der Waals surface area contributed by atoms with Gasteiger partial charge in [0.1, 0.15) is 5.76 Å². The molecule has 1 atom stereocenters. The van der Waals surface area contributed by atoms with Crippen molar-refractivity contribution >= 4 is 23.5 Å². The van der Waals surface area contributed by atoms with Gasteiger partial charge < -0.3 is 19.4 Å². The van der Waals surface area contributed by atoms with Gasteiger partial charge in [-0.15, -0.1) is 0 Å². The number of hydrogen-bond acceptors (Lipinski definition) is 4. The van der Waals surface area contributed by atoms with Crippen LogP contribution in [0.2, 0.25) is 5.02 Å². The van der Waals surface area contributed by atoms with Crippen molar-refractivity contribution < 1.29 is 19.1 Å². The lowest BCUT2D eigenvalue weighted by Crippen LogP contribution is -2.43. The van der Waals surface area contributed by atoms with E-state index >= 15 is 0 Å². The van der Waals surface area contributed by atoms with Crippen LogP contribution >= 0.6 is 11.6 Å². The van der Waals surface area contributed by atoms with Gasteiger partial charge in [0.25, 0.3) is 5.91 Å². The second kappa shape index (κ2) is 6.34. The number of aromatic nitrogens is 2. The van der Waals surface area contributed by atoms with Crippen LogP contribution in [-0.4, -0.2) is 38.4 Å². The molecular weight excluding hydrogens is 358 g/mol. The molecule has 3 aromatic rings. The van der Waals surface area contributed by atoms with Gasteiger partial charge in [-0.05, 0) is 24.3 Å². The molecule has 2 aromatic heterocycles. The standard InChI is InChI=1S/C18H14ClN3O4/c19-11-4-2-1-3-10(11)13-5-6-14(26-13)17(23)22-8-7-12-15(21-9-20-12)16(22)18(24)25/h1-6,9,16H,7-8H2,(H,20,21)(H,24,25). The van der Waals surface area contributed by atoms with Crippen molar-refractivity contribution in [1.82, 2.24) is 14.9 Å². The zero-order valence-corrected chi connectivity index (χ0v) is 14.2. The number of carboxylic acids is 1. The highest BCUT2D eigenvalue weighted by molar-refractivity contribution is 6.33. The number of benzene rings is 1. The van der Waals surface area contributed by atoms with Crippen molar-refractivity contribution in [2.45, 2.75) is 12.5 Å². The molecule has 2 N–H and O–H groups in total. The van der Waals surface area contributed by atoms with E-state index < -0.39 is 17.9 Å². The molecule has 8 heteroatoms. The monoisotopic (exact) mass is 371 g/mol. The normalized spacial score (nSPS) is 16.3. The average Bonchev–Trinajstić information content (AvgIpc) is 3.29. The highest BCUT2D eigenvalue weighted by Gasteiger charge is 2.39. The summed E-state index contributed by atoms with van der Waals surface area (Å²) in [4.78, 5) is 32.9. The van der Waals surface area contributed by atoms with Crippen LogP contribution in [-0.2, 0) is 11.2 Å². The first-order valence-corrected chi connectivity index (χ1v) is 8.34. The van der Waals surface area contributed by atoms with Crippen LogP contribution in [0.4, 0.5) is 0 Å². The molecular formula is C18H14ClN3O4. The second-order valence-electron chi connectivity index (χ2n) is 5.90. The number of nitrogens with zero attached hydrogens (tertiary/aromatic N) is 2. The van der Waals surface area contributed by atoms with E-state index in [1.165, 1.54) is 17.3 Å². The molecule has 7 nitrogen and oxygen atoms in total. The van der Waals surface area contributed by atoms with Gasteiger partial charge in [0.15, 0.2) is 11.8 Å². The van der Waals surface area contributed by atoms with E-state index in [2.05, 4.69) is 9.97 Å². The lowest BCUT2D eigenvalue weighted by atomic mass is 10.0. The molecule has 26 heavy (non-hydrogen) atoms. The molecule has 1 aliphatic rings. The number of furan rings is 1. The van der Waals surface area contributed by atoms with Gasteiger partial charge in [0.2, 0.25) is 0 Å². The summed E-state index contributed by atoms with van der Waals surface area (Å²) in [5.41, 5.74) is 1.75. The van der Waals surface area contributed by atoms with Crippen LogP contribution in [0.15, 0.2) is 47.1 Å². The lowest BCUT2D eigenvalue weighted by Gasteiger charge is -2.31. The Hall–Kier alpha value is -3.06. The molecule has 0 saturated carbocycles. The van der Waals surface area contributed by atoms with Gasteiger partial charge in [0, 0.05) is 24.2 Å². The maximum atomic E-state index is 12.9. The van der Waals surface area contributed by atoms with Crippen molar-refractivity contribution in [1.29, 1.82) is 0 Å². The molecule has 1 unspecified atom stereocenters. The highest BCUT2D eigenvalue weighted by Crippen LogP contribution is 2.32. The first-order valence-electron chi connectivity index (χ1n) is 7.97. The topological polar surface area (TPSA) is 99.4 Å². The number of halogens is 1. The molecule has 0 saturated heterocycles. The fourth-order valence-electron chi connectivity index (χ4n) is 3.15. The maximum Gasteiger partial charge on any atom is 0.332 e. The Balaban J connectivity index is 1.66. The van der Waals surface area contributed by atoms with E-state index in [4.69, 9.17) is 16.0 Å². The smallest absolute Gasteiger partial charge is 0.332 e. The summed E-state index contributed by atoms with van der Waals surface area (Å²) in [6.45, 7) is 0.257. The molecule has 1 amide bonds. The Morgan fingerprint density at radius 3 is 2.85 bits per heavy atom. The van der Waals surface area contributed by atoms with Crippen molar-refractivity contribution in [3.63, 3.8) is 0 Å². The number of carbonyl (C=O) groups is 2. The van der Waals surface area contributed by atoms with Crippen molar-refractivity contribution in [3.05, 3.63) is 64.9 Å². The van der Waals surface area contributed by atoms with Gasteiger partial charge in [-0.2, -0.15) is 0 Å². The van der Waals surface area contributed by atoms with E-state index in [1.807, 2.05) is 6.07 Å². The van der Waals surface area contributed by atoms with Gasteiger partial charge in [-0.25, -0.2) is 9.78 Å². The fourth-order valence-corrected chi connectivity index (χ4v) is 3.37. The predicted molar refractivity (Wildman–Crippen MR) is 92.9 cm³/mol. The van der Waals surface area contributed by atoms with Gasteiger partial charge in [0.05, 0.1) is 17.0 Å². The first kappa shape index (κ1) is 16.4. The third kappa shape index (κ3) is 2.66.